The highest BCUT2D eigenvalue weighted by atomic mass is 32.2. The third kappa shape index (κ3) is 3.53. The predicted octanol–water partition coefficient (Wildman–Crippen LogP) is 5.07. The number of nitrogens with zero attached hydrogens (tertiary/aromatic N) is 5. The number of aromatic nitrogens is 5. The molecule has 0 unspecified atom stereocenters. The van der Waals surface area contributed by atoms with E-state index in [9.17, 15) is 0 Å². The number of ether oxygens (including phenoxy) is 2. The quantitative estimate of drug-likeness (QED) is 0.324. The van der Waals surface area contributed by atoms with Gasteiger partial charge in [-0.3, -0.25) is 4.57 Å². The lowest BCUT2D eigenvalue weighted by Gasteiger charge is -2.10. The summed E-state index contributed by atoms with van der Waals surface area (Å²) < 4.78 is 18.4. The van der Waals surface area contributed by atoms with Crippen molar-refractivity contribution >= 4 is 23.1 Å². The Morgan fingerprint density at radius 1 is 0.969 bits per heavy atom. The van der Waals surface area contributed by atoms with Crippen LogP contribution in [0.1, 0.15) is 5.89 Å². The smallest absolute Gasteiger partial charge is 0.237 e. The molecule has 158 valence electrons. The van der Waals surface area contributed by atoms with Crippen molar-refractivity contribution in [1.29, 1.82) is 0 Å². The first-order chi connectivity index (χ1) is 15.8. The average Bonchev–Trinajstić information content (AvgIpc) is 3.63. The number of fused-ring (bicyclic) bond motifs is 1. The van der Waals surface area contributed by atoms with Crippen LogP contribution in [-0.4, -0.2) is 31.7 Å². The van der Waals surface area contributed by atoms with Gasteiger partial charge >= 0.3 is 0 Å². The average molecular weight is 462 g/mol. The third-order valence-electron chi connectivity index (χ3n) is 4.81. The van der Waals surface area contributed by atoms with E-state index in [1.807, 2.05) is 70.6 Å². The van der Waals surface area contributed by atoms with Crippen molar-refractivity contribution in [2.75, 3.05) is 6.79 Å². The van der Waals surface area contributed by atoms with E-state index < -0.39 is 0 Å². The summed E-state index contributed by atoms with van der Waals surface area (Å²) in [5, 5.41) is 15.7. The van der Waals surface area contributed by atoms with Gasteiger partial charge in [0.25, 0.3) is 0 Å². The zero-order chi connectivity index (χ0) is 21.3. The Hall–Kier alpha value is -3.63. The second-order valence-electron chi connectivity index (χ2n) is 6.82. The lowest BCUT2D eigenvalue weighted by atomic mass is 10.2. The fourth-order valence-corrected chi connectivity index (χ4v) is 4.78. The Morgan fingerprint density at radius 2 is 1.88 bits per heavy atom. The van der Waals surface area contributed by atoms with Crippen LogP contribution in [-0.2, 0) is 5.75 Å². The number of hydrogen-bond donors (Lipinski definition) is 0. The van der Waals surface area contributed by atoms with Crippen molar-refractivity contribution in [2.45, 2.75) is 10.9 Å². The van der Waals surface area contributed by atoms with Crippen molar-refractivity contribution < 1.29 is 14.0 Å². The van der Waals surface area contributed by atoms with E-state index in [1.165, 1.54) is 11.8 Å². The molecule has 3 aromatic heterocycles. The highest BCUT2D eigenvalue weighted by Gasteiger charge is 2.21. The fourth-order valence-electron chi connectivity index (χ4n) is 3.34. The molecule has 32 heavy (non-hydrogen) atoms. The molecule has 10 heteroatoms. The summed E-state index contributed by atoms with van der Waals surface area (Å²) in [4.78, 5) is 5.47. The maximum Gasteiger partial charge on any atom is 0.237 e. The van der Waals surface area contributed by atoms with Gasteiger partial charge in [0.1, 0.15) is 0 Å². The van der Waals surface area contributed by atoms with Crippen LogP contribution in [0.5, 0.6) is 11.5 Å². The normalized spacial score (nSPS) is 12.4. The van der Waals surface area contributed by atoms with E-state index in [4.69, 9.17) is 14.0 Å². The summed E-state index contributed by atoms with van der Waals surface area (Å²) in [6.07, 6.45) is 0. The van der Waals surface area contributed by atoms with Crippen molar-refractivity contribution in [2.24, 2.45) is 0 Å². The number of rotatable bonds is 6. The molecule has 0 bridgehead atoms. The minimum atomic E-state index is 0.225. The second-order valence-corrected chi connectivity index (χ2v) is 8.71. The lowest BCUT2D eigenvalue weighted by molar-refractivity contribution is 0.174. The highest BCUT2D eigenvalue weighted by Crippen LogP contribution is 2.37. The van der Waals surface area contributed by atoms with Crippen molar-refractivity contribution in [3.8, 4) is 39.3 Å². The molecule has 0 atom stereocenters. The molecule has 0 aliphatic carbocycles. The van der Waals surface area contributed by atoms with Gasteiger partial charge in [0.2, 0.25) is 18.5 Å². The van der Waals surface area contributed by atoms with Gasteiger partial charge in [-0.15, -0.1) is 21.5 Å². The highest BCUT2D eigenvalue weighted by molar-refractivity contribution is 7.98. The minimum Gasteiger partial charge on any atom is -0.454 e. The Balaban J connectivity index is 1.33. The molecule has 1 aliphatic rings. The van der Waals surface area contributed by atoms with Gasteiger partial charge in [-0.2, -0.15) is 4.98 Å². The first-order valence-corrected chi connectivity index (χ1v) is 11.6. The van der Waals surface area contributed by atoms with Gasteiger partial charge < -0.3 is 14.0 Å². The maximum atomic E-state index is 5.54. The van der Waals surface area contributed by atoms with Crippen LogP contribution in [0.3, 0.4) is 0 Å². The summed E-state index contributed by atoms with van der Waals surface area (Å²) in [5.41, 5.74) is 1.84. The molecule has 8 nitrogen and oxygen atoms in total. The molecular formula is C22H15N5O3S2. The second kappa shape index (κ2) is 8.13. The molecule has 0 spiro atoms. The number of thiophene rings is 1. The summed E-state index contributed by atoms with van der Waals surface area (Å²) in [7, 11) is 0. The molecule has 6 rings (SSSR count). The summed E-state index contributed by atoms with van der Waals surface area (Å²) >= 11 is 3.06. The zero-order valence-electron chi connectivity index (χ0n) is 16.5. The van der Waals surface area contributed by atoms with Crippen LogP contribution in [0, 0.1) is 0 Å². The Labute approximate surface area is 190 Å². The largest absolute Gasteiger partial charge is 0.454 e. The molecule has 5 aromatic rings. The van der Waals surface area contributed by atoms with Crippen LogP contribution in [0.2, 0.25) is 0 Å². The van der Waals surface area contributed by atoms with E-state index in [1.54, 1.807) is 11.3 Å². The molecule has 4 heterocycles. The van der Waals surface area contributed by atoms with Gasteiger partial charge in [0.15, 0.2) is 22.5 Å². The summed E-state index contributed by atoms with van der Waals surface area (Å²) in [6.45, 7) is 0.225. The molecule has 2 aromatic carbocycles. The van der Waals surface area contributed by atoms with E-state index in [2.05, 4.69) is 20.3 Å². The summed E-state index contributed by atoms with van der Waals surface area (Å²) in [5.74, 6) is 3.75. The SMILES string of the molecule is c1ccc(-n2c(SCc3nc(-c4cccs4)no3)nnc2-c2ccc3c(c2)OCO3)cc1. The number of benzene rings is 2. The van der Waals surface area contributed by atoms with Crippen LogP contribution in [0.25, 0.3) is 27.8 Å². The first-order valence-electron chi connectivity index (χ1n) is 9.75. The van der Waals surface area contributed by atoms with Gasteiger partial charge in [0, 0.05) is 11.3 Å². The molecule has 0 saturated heterocycles. The number of para-hydroxylation sites is 1. The van der Waals surface area contributed by atoms with Crippen molar-refractivity contribution in [1.82, 2.24) is 24.9 Å². The van der Waals surface area contributed by atoms with Gasteiger partial charge in [-0.05, 0) is 41.8 Å². The number of hydrogen-bond acceptors (Lipinski definition) is 9. The molecule has 0 fully saturated rings. The Kier molecular flexibility index (Phi) is 4.85. The van der Waals surface area contributed by atoms with Crippen LogP contribution < -0.4 is 9.47 Å². The van der Waals surface area contributed by atoms with E-state index in [-0.39, 0.29) is 6.79 Å². The van der Waals surface area contributed by atoms with Gasteiger partial charge in [-0.25, -0.2) is 0 Å². The Bertz CT molecular complexity index is 1370. The molecule has 0 radical (unpaired) electrons. The number of thioether (sulfide) groups is 1. The molecule has 0 N–H and O–H groups in total. The molecule has 0 saturated carbocycles. The van der Waals surface area contributed by atoms with E-state index in [0.717, 1.165) is 27.0 Å². The third-order valence-corrected chi connectivity index (χ3v) is 6.59. The fraction of sp³-hybridized carbons (Fsp3) is 0.0909. The zero-order valence-corrected chi connectivity index (χ0v) is 18.2. The van der Waals surface area contributed by atoms with Crippen molar-refractivity contribution in [3.05, 3.63) is 71.9 Å². The topological polar surface area (TPSA) is 88.1 Å². The minimum absolute atomic E-state index is 0.225. The monoisotopic (exact) mass is 461 g/mol. The van der Waals surface area contributed by atoms with Gasteiger partial charge in [0.05, 0.1) is 10.6 Å². The van der Waals surface area contributed by atoms with Crippen LogP contribution in [0.4, 0.5) is 0 Å². The van der Waals surface area contributed by atoms with Crippen LogP contribution in [0.15, 0.2) is 75.7 Å². The standard InChI is InChI=1S/C22H15N5O3S2/c1-2-5-15(6-3-1)27-21(14-8-9-16-17(11-14)29-13-28-16)24-25-22(27)32-12-19-23-20(26-30-19)18-7-4-10-31-18/h1-11H,12-13H2. The van der Waals surface area contributed by atoms with E-state index >= 15 is 0 Å². The van der Waals surface area contributed by atoms with Gasteiger partial charge in [-0.1, -0.05) is 41.2 Å². The Morgan fingerprint density at radius 3 is 2.75 bits per heavy atom. The lowest BCUT2D eigenvalue weighted by Crippen LogP contribution is -1.99. The molecule has 1 aliphatic heterocycles. The predicted molar refractivity (Wildman–Crippen MR) is 120 cm³/mol. The first kappa shape index (κ1) is 19.1. The molecule has 0 amide bonds. The molecular weight excluding hydrogens is 446 g/mol. The summed E-state index contributed by atoms with van der Waals surface area (Å²) in [6, 6.07) is 19.7. The maximum absolute atomic E-state index is 5.54. The van der Waals surface area contributed by atoms with Crippen molar-refractivity contribution in [3.63, 3.8) is 0 Å². The van der Waals surface area contributed by atoms with E-state index in [0.29, 0.717) is 29.0 Å². The van der Waals surface area contributed by atoms with Crippen LogP contribution >= 0.6 is 23.1 Å².